The molecule has 0 spiro atoms. The number of hydrogen-bond acceptors (Lipinski definition) is 8. The zero-order chi connectivity index (χ0) is 31.9. The van der Waals surface area contributed by atoms with Crippen LogP contribution in [-0.2, 0) is 17.4 Å². The van der Waals surface area contributed by atoms with Gasteiger partial charge in [0.1, 0.15) is 5.69 Å². The van der Waals surface area contributed by atoms with Crippen molar-refractivity contribution in [3.8, 4) is 11.3 Å². The Labute approximate surface area is 248 Å². The Morgan fingerprint density at radius 1 is 1.20 bits per heavy atom. The van der Waals surface area contributed by atoms with Crippen LogP contribution in [0.4, 0.5) is 29.5 Å². The van der Waals surface area contributed by atoms with Crippen molar-refractivity contribution in [2.75, 3.05) is 31.5 Å². The minimum Gasteiger partial charge on any atom is -0.483 e. The fraction of sp³-hybridized carbons (Fsp3) is 0.333. The third-order valence-corrected chi connectivity index (χ3v) is 6.82. The number of aromatic amines is 1. The maximum atomic E-state index is 13.4. The van der Waals surface area contributed by atoms with E-state index in [1.807, 2.05) is 12.0 Å². The van der Waals surface area contributed by atoms with Crippen LogP contribution in [0.3, 0.4) is 0 Å². The Hall–Kier alpha value is -5.19. The molecule has 17 heteroatoms. The molecule has 1 aliphatic rings. The minimum atomic E-state index is -4.61. The zero-order valence-corrected chi connectivity index (χ0v) is 23.6. The highest BCUT2D eigenvalue weighted by molar-refractivity contribution is 5.96. The first-order valence-electron chi connectivity index (χ1n) is 13.5. The number of benzene rings is 1. The molecule has 0 bridgehead atoms. The number of amides is 3. The zero-order valence-electron chi connectivity index (χ0n) is 23.6. The van der Waals surface area contributed by atoms with Gasteiger partial charge in [0, 0.05) is 55.9 Å². The molecule has 234 valence electrons. The smallest absolute Gasteiger partial charge is 0.433 e. The second-order valence-electron chi connectivity index (χ2n) is 9.71. The van der Waals surface area contributed by atoms with E-state index >= 15 is 0 Å². The molecule has 0 unspecified atom stereocenters. The number of imidazole rings is 1. The second-order valence-corrected chi connectivity index (χ2v) is 9.71. The number of aromatic nitrogens is 5. The highest BCUT2D eigenvalue weighted by atomic mass is 19.4. The van der Waals surface area contributed by atoms with Crippen molar-refractivity contribution >= 4 is 35.6 Å². The van der Waals surface area contributed by atoms with Crippen molar-refractivity contribution in [2.45, 2.75) is 32.0 Å². The fourth-order valence-corrected chi connectivity index (χ4v) is 4.75. The number of carbonyl (C=O) groups excluding carboxylic acids is 2. The average Bonchev–Trinajstić information content (AvgIpc) is 3.75. The van der Waals surface area contributed by atoms with Gasteiger partial charge in [0.2, 0.25) is 0 Å². The molecule has 4 heterocycles. The Kier molecular flexibility index (Phi) is 9.99. The summed E-state index contributed by atoms with van der Waals surface area (Å²) in [6.07, 6.45) is 2.14. The van der Waals surface area contributed by atoms with Crippen LogP contribution >= 0.6 is 0 Å². The van der Waals surface area contributed by atoms with Gasteiger partial charge in [-0.1, -0.05) is 6.92 Å². The molecule has 14 nitrogen and oxygen atoms in total. The monoisotopic (exact) mass is 616 g/mol. The highest BCUT2D eigenvalue weighted by Gasteiger charge is 2.36. The molecule has 0 aliphatic carbocycles. The summed E-state index contributed by atoms with van der Waals surface area (Å²) in [6, 6.07) is 4.99. The van der Waals surface area contributed by atoms with Crippen LogP contribution < -0.4 is 21.7 Å². The summed E-state index contributed by atoms with van der Waals surface area (Å²) in [5.41, 5.74) is 7.14. The Morgan fingerprint density at radius 2 is 1.95 bits per heavy atom. The molecule has 5 rings (SSSR count). The van der Waals surface area contributed by atoms with Crippen LogP contribution in [0.5, 0.6) is 0 Å². The predicted octanol–water partition coefficient (Wildman–Crippen LogP) is 2.62. The van der Waals surface area contributed by atoms with E-state index in [2.05, 4.69) is 31.0 Å². The lowest BCUT2D eigenvalue weighted by atomic mass is 10.0. The lowest BCUT2D eigenvalue weighted by molar-refractivity contribution is -0.140. The summed E-state index contributed by atoms with van der Waals surface area (Å²) in [4.78, 5) is 43.6. The van der Waals surface area contributed by atoms with Crippen molar-refractivity contribution in [3.05, 3.63) is 59.8 Å². The van der Waals surface area contributed by atoms with Gasteiger partial charge in [-0.2, -0.15) is 18.3 Å². The van der Waals surface area contributed by atoms with Gasteiger partial charge in [-0.25, -0.2) is 14.8 Å². The van der Waals surface area contributed by atoms with Crippen molar-refractivity contribution < 1.29 is 32.7 Å². The predicted molar refractivity (Wildman–Crippen MR) is 153 cm³/mol. The van der Waals surface area contributed by atoms with Gasteiger partial charge in [-0.3, -0.25) is 19.1 Å². The van der Waals surface area contributed by atoms with E-state index in [1.165, 1.54) is 23.0 Å². The number of urea groups is 1. The molecule has 1 saturated heterocycles. The van der Waals surface area contributed by atoms with E-state index in [0.717, 1.165) is 18.2 Å². The second kappa shape index (κ2) is 13.9. The van der Waals surface area contributed by atoms with Crippen molar-refractivity contribution in [2.24, 2.45) is 5.73 Å². The molecule has 44 heavy (non-hydrogen) atoms. The molecule has 0 saturated carbocycles. The number of rotatable bonds is 8. The van der Waals surface area contributed by atoms with E-state index in [0.29, 0.717) is 42.2 Å². The number of alkyl halides is 3. The lowest BCUT2D eigenvalue weighted by Crippen LogP contribution is -2.42. The third kappa shape index (κ3) is 7.23. The number of carboxylic acid groups (broad SMARTS) is 1. The summed E-state index contributed by atoms with van der Waals surface area (Å²) >= 11 is 0. The molecule has 1 fully saturated rings. The molecular formula is C27H31F3N10O4. The van der Waals surface area contributed by atoms with Gasteiger partial charge in [0.25, 0.3) is 12.4 Å². The van der Waals surface area contributed by atoms with Crippen LogP contribution in [-0.4, -0.2) is 85.2 Å². The number of H-pyrrole nitrogens is 1. The summed E-state index contributed by atoms with van der Waals surface area (Å²) in [6.45, 7) is 3.35. The van der Waals surface area contributed by atoms with Gasteiger partial charge in [-0.05, 0) is 36.6 Å². The molecule has 4 aromatic rings. The molecule has 0 radical (unpaired) electrons. The summed E-state index contributed by atoms with van der Waals surface area (Å²) in [7, 11) is 0. The van der Waals surface area contributed by atoms with E-state index in [4.69, 9.17) is 15.6 Å². The Morgan fingerprint density at radius 3 is 2.64 bits per heavy atom. The number of nitrogens with two attached hydrogens (primary N) is 1. The first-order valence-corrected chi connectivity index (χ1v) is 13.5. The van der Waals surface area contributed by atoms with Crippen molar-refractivity contribution in [1.29, 1.82) is 0 Å². The van der Waals surface area contributed by atoms with Gasteiger partial charge in [0.15, 0.2) is 11.5 Å². The van der Waals surface area contributed by atoms with E-state index in [9.17, 15) is 22.8 Å². The molecular weight excluding hydrogens is 585 g/mol. The van der Waals surface area contributed by atoms with Crippen molar-refractivity contribution in [3.63, 3.8) is 0 Å². The number of nitrogens with one attached hydrogen (secondary N) is 4. The first-order chi connectivity index (χ1) is 21.1. The molecule has 1 aliphatic heterocycles. The number of likely N-dealkylation sites (tertiary alicyclic amines) is 1. The van der Waals surface area contributed by atoms with Crippen LogP contribution in [0.2, 0.25) is 0 Å². The SMILES string of the molecule is CCc1cc(Nc2nccn3c(-c4cn[nH]c4C(F)(F)F)cnc23)ccc1C(=O)NCCNC(=O)N1CC[C@H](N)C1.O=CO. The third-order valence-electron chi connectivity index (χ3n) is 6.82. The quantitative estimate of drug-likeness (QED) is 0.127. The normalized spacial score (nSPS) is 14.6. The van der Waals surface area contributed by atoms with Gasteiger partial charge in [0.05, 0.1) is 23.7 Å². The number of aryl methyl sites for hydroxylation is 1. The van der Waals surface area contributed by atoms with Crippen LogP contribution in [0.1, 0.15) is 35.0 Å². The van der Waals surface area contributed by atoms with Gasteiger partial charge in [-0.15, -0.1) is 0 Å². The van der Waals surface area contributed by atoms with E-state index in [1.54, 1.807) is 23.1 Å². The number of halogens is 3. The molecule has 7 N–H and O–H groups in total. The van der Waals surface area contributed by atoms with Gasteiger partial charge < -0.3 is 31.7 Å². The Bertz CT molecular complexity index is 1620. The topological polar surface area (TPSA) is 196 Å². The standard InChI is InChI=1S/C26H29F3N10O2.CH2O2/c1-2-15-11-17(3-4-18(15)24(40)32-6-7-33-25(41)38-9-5-16(30)14-38)36-22-23-34-13-20(39(23)10-8-31-22)19-12-35-37-21(19)26(27,28)29;2-1-3/h3-4,8,10-13,16H,2,5-7,9,14,30H2,1H3,(H,31,36)(H,32,40)(H,33,41)(H,35,37);1H,(H,2,3)/t16-;/m0./s1. The molecule has 1 atom stereocenters. The summed E-state index contributed by atoms with van der Waals surface area (Å²) in [5, 5.41) is 21.2. The van der Waals surface area contributed by atoms with E-state index in [-0.39, 0.29) is 48.8 Å². The van der Waals surface area contributed by atoms with Crippen LogP contribution in [0, 0.1) is 0 Å². The minimum absolute atomic E-state index is 0.000152. The van der Waals surface area contributed by atoms with Crippen LogP contribution in [0.25, 0.3) is 16.9 Å². The van der Waals surface area contributed by atoms with E-state index < -0.39 is 11.9 Å². The summed E-state index contributed by atoms with van der Waals surface area (Å²) in [5.74, 6) is 0.0503. The fourth-order valence-electron chi connectivity index (χ4n) is 4.75. The average molecular weight is 617 g/mol. The van der Waals surface area contributed by atoms with Crippen LogP contribution in [0.15, 0.2) is 43.0 Å². The Balaban J connectivity index is 0.00000141. The molecule has 3 amide bonds. The number of carbonyl (C=O) groups is 3. The molecule has 3 aromatic heterocycles. The largest absolute Gasteiger partial charge is 0.483 e. The van der Waals surface area contributed by atoms with Gasteiger partial charge >= 0.3 is 12.2 Å². The summed E-state index contributed by atoms with van der Waals surface area (Å²) < 4.78 is 41.7. The number of nitrogens with zero attached hydrogens (tertiary/aromatic N) is 5. The lowest BCUT2D eigenvalue weighted by Gasteiger charge is -2.17. The maximum absolute atomic E-state index is 13.4. The number of anilines is 2. The maximum Gasteiger partial charge on any atom is 0.433 e. The van der Waals surface area contributed by atoms with Crippen molar-refractivity contribution in [1.82, 2.24) is 40.1 Å². The number of fused-ring (bicyclic) bond motifs is 1. The number of hydrogen-bond donors (Lipinski definition) is 6. The first kappa shape index (κ1) is 31.7. The highest BCUT2D eigenvalue weighted by Crippen LogP contribution is 2.36. The molecule has 1 aromatic carbocycles.